The molecule has 0 aliphatic heterocycles. The topological polar surface area (TPSA) is 9.86 Å². The van der Waals surface area contributed by atoms with Crippen molar-refractivity contribution in [1.29, 1.82) is 0 Å². The summed E-state index contributed by atoms with van der Waals surface area (Å²) >= 11 is 3.84. The van der Waals surface area contributed by atoms with Gasteiger partial charge in [-0.25, -0.2) is 0 Å². The van der Waals surface area contributed by atoms with Crippen LogP contribution in [0.2, 0.25) is 0 Å². The lowest BCUT2D eigenvalue weighted by molar-refractivity contribution is 1.18. The standard InChI is InChI=1S/C42H24N2S2/c1-3-11-25(12-4-1)43-32-17-9-7-15-29(32)37-33(43)22-19-27-28-20-23-34-38(42(28)46-41(27)37)31-21-24-36-39(30-16-8-10-18-35(30)45-36)40(31)44(34)26-13-5-2-6-14-26/h1-24H. The first-order chi connectivity index (χ1) is 22.8. The molecular formula is C42H24N2S2. The molecule has 0 saturated carbocycles. The fourth-order valence-corrected chi connectivity index (χ4v) is 10.4. The van der Waals surface area contributed by atoms with Crippen molar-refractivity contribution in [2.24, 2.45) is 0 Å². The van der Waals surface area contributed by atoms with Gasteiger partial charge < -0.3 is 9.13 Å². The zero-order valence-electron chi connectivity index (χ0n) is 24.6. The van der Waals surface area contributed by atoms with Crippen molar-refractivity contribution in [3.8, 4) is 11.4 Å². The summed E-state index contributed by atoms with van der Waals surface area (Å²) in [6.45, 7) is 0. The predicted octanol–water partition coefficient (Wildman–Crippen LogP) is 12.6. The summed E-state index contributed by atoms with van der Waals surface area (Å²) in [5, 5.41) is 10.6. The number of para-hydroxylation sites is 3. The van der Waals surface area contributed by atoms with Crippen molar-refractivity contribution >= 4 is 107 Å². The van der Waals surface area contributed by atoms with Crippen molar-refractivity contribution in [3.63, 3.8) is 0 Å². The molecule has 11 rings (SSSR count). The van der Waals surface area contributed by atoms with Gasteiger partial charge in [0.05, 0.1) is 22.1 Å². The van der Waals surface area contributed by atoms with Gasteiger partial charge in [0.2, 0.25) is 0 Å². The number of rotatable bonds is 2. The smallest absolute Gasteiger partial charge is 0.0634 e. The lowest BCUT2D eigenvalue weighted by Gasteiger charge is -2.09. The molecule has 0 fully saturated rings. The Morgan fingerprint density at radius 3 is 1.63 bits per heavy atom. The molecule has 2 nitrogen and oxygen atoms in total. The molecule has 46 heavy (non-hydrogen) atoms. The maximum Gasteiger partial charge on any atom is 0.0634 e. The van der Waals surface area contributed by atoms with E-state index in [1.165, 1.54) is 95.3 Å². The third kappa shape index (κ3) is 3.15. The molecular weight excluding hydrogens is 597 g/mol. The Balaban J connectivity index is 1.35. The lowest BCUT2D eigenvalue weighted by Crippen LogP contribution is -1.93. The molecule has 214 valence electrons. The summed E-state index contributed by atoms with van der Waals surface area (Å²) in [6.07, 6.45) is 0. The first-order valence-corrected chi connectivity index (χ1v) is 17.2. The Morgan fingerprint density at radius 2 is 0.891 bits per heavy atom. The molecule has 0 spiro atoms. The monoisotopic (exact) mass is 620 g/mol. The van der Waals surface area contributed by atoms with Crippen LogP contribution in [-0.4, -0.2) is 9.13 Å². The van der Waals surface area contributed by atoms with Gasteiger partial charge in [0.25, 0.3) is 0 Å². The van der Waals surface area contributed by atoms with E-state index >= 15 is 0 Å². The normalized spacial score (nSPS) is 12.3. The molecule has 0 aliphatic rings. The summed E-state index contributed by atoms with van der Waals surface area (Å²) in [6, 6.07) is 53.5. The summed E-state index contributed by atoms with van der Waals surface area (Å²) in [4.78, 5) is 0. The fourth-order valence-electron chi connectivity index (χ4n) is 7.84. The largest absolute Gasteiger partial charge is 0.309 e. The van der Waals surface area contributed by atoms with Crippen molar-refractivity contribution in [1.82, 2.24) is 9.13 Å². The summed E-state index contributed by atoms with van der Waals surface area (Å²) in [7, 11) is 0. The number of aromatic nitrogens is 2. The molecule has 7 aromatic carbocycles. The molecule has 0 aliphatic carbocycles. The van der Waals surface area contributed by atoms with Crippen LogP contribution in [0.15, 0.2) is 146 Å². The van der Waals surface area contributed by atoms with Crippen LogP contribution < -0.4 is 0 Å². The SMILES string of the molecule is c1ccc(-n2c3ccccc3c3c4sc5c(ccc6c5c5ccc7sc8ccccc8c7c5n6-c5ccccc5)c4ccc32)cc1. The predicted molar refractivity (Wildman–Crippen MR) is 201 cm³/mol. The molecule has 0 unspecified atom stereocenters. The number of nitrogens with zero attached hydrogens (tertiary/aromatic N) is 2. The van der Waals surface area contributed by atoms with E-state index in [-0.39, 0.29) is 0 Å². The maximum absolute atomic E-state index is 2.51. The van der Waals surface area contributed by atoms with E-state index in [2.05, 4.69) is 155 Å². The van der Waals surface area contributed by atoms with E-state index in [4.69, 9.17) is 0 Å². The van der Waals surface area contributed by atoms with E-state index in [9.17, 15) is 0 Å². The van der Waals surface area contributed by atoms with E-state index in [1.54, 1.807) is 0 Å². The molecule has 0 atom stereocenters. The molecule has 0 bridgehead atoms. The van der Waals surface area contributed by atoms with Crippen molar-refractivity contribution in [2.75, 3.05) is 0 Å². The van der Waals surface area contributed by atoms with Crippen LogP contribution in [0.5, 0.6) is 0 Å². The van der Waals surface area contributed by atoms with Crippen LogP contribution in [0.3, 0.4) is 0 Å². The molecule has 11 aromatic rings. The molecule has 0 radical (unpaired) electrons. The average molecular weight is 621 g/mol. The molecule has 0 amide bonds. The molecule has 0 saturated heterocycles. The molecule has 0 N–H and O–H groups in total. The minimum atomic E-state index is 1.19. The Kier molecular flexibility index (Phi) is 4.90. The first-order valence-electron chi connectivity index (χ1n) is 15.6. The number of thiophene rings is 2. The van der Waals surface area contributed by atoms with Gasteiger partial charge in [-0.05, 0) is 54.6 Å². The van der Waals surface area contributed by atoms with Crippen LogP contribution in [0.4, 0.5) is 0 Å². The van der Waals surface area contributed by atoms with Crippen LogP contribution in [0.1, 0.15) is 0 Å². The van der Waals surface area contributed by atoms with Gasteiger partial charge in [0, 0.05) is 73.3 Å². The first kappa shape index (κ1) is 24.8. The number of hydrogen-bond acceptors (Lipinski definition) is 2. The van der Waals surface area contributed by atoms with Crippen LogP contribution in [0.25, 0.3) is 95.3 Å². The third-order valence-corrected chi connectivity index (χ3v) is 12.1. The maximum atomic E-state index is 2.51. The van der Waals surface area contributed by atoms with Crippen LogP contribution >= 0.6 is 22.7 Å². The van der Waals surface area contributed by atoms with Crippen molar-refractivity contribution < 1.29 is 0 Å². The highest BCUT2D eigenvalue weighted by atomic mass is 32.1. The van der Waals surface area contributed by atoms with Crippen molar-refractivity contribution in [3.05, 3.63) is 146 Å². The highest BCUT2D eigenvalue weighted by Gasteiger charge is 2.23. The van der Waals surface area contributed by atoms with Crippen LogP contribution in [0, 0.1) is 0 Å². The second-order valence-corrected chi connectivity index (χ2v) is 14.2. The Morgan fingerprint density at radius 1 is 0.326 bits per heavy atom. The lowest BCUT2D eigenvalue weighted by atomic mass is 10.0. The van der Waals surface area contributed by atoms with Crippen molar-refractivity contribution in [2.45, 2.75) is 0 Å². The third-order valence-electron chi connectivity index (χ3n) is 9.70. The summed E-state index contributed by atoms with van der Waals surface area (Å²) in [5.41, 5.74) is 7.43. The van der Waals surface area contributed by atoms with Gasteiger partial charge in [-0.15, -0.1) is 22.7 Å². The highest BCUT2D eigenvalue weighted by molar-refractivity contribution is 7.28. The van der Waals surface area contributed by atoms with Gasteiger partial charge in [-0.2, -0.15) is 0 Å². The van der Waals surface area contributed by atoms with Gasteiger partial charge in [0.15, 0.2) is 0 Å². The number of fused-ring (bicyclic) bond motifs is 15. The summed E-state index contributed by atoms with van der Waals surface area (Å²) < 4.78 is 10.3. The van der Waals surface area contributed by atoms with E-state index in [0.717, 1.165) is 0 Å². The zero-order valence-corrected chi connectivity index (χ0v) is 26.2. The number of hydrogen-bond donors (Lipinski definition) is 0. The van der Waals surface area contributed by atoms with Gasteiger partial charge in [-0.1, -0.05) is 91.0 Å². The molecule has 4 heterocycles. The van der Waals surface area contributed by atoms with Crippen LogP contribution in [-0.2, 0) is 0 Å². The van der Waals surface area contributed by atoms with Gasteiger partial charge >= 0.3 is 0 Å². The summed E-state index contributed by atoms with van der Waals surface area (Å²) in [5.74, 6) is 0. The second kappa shape index (κ2) is 9.07. The fraction of sp³-hybridized carbons (Fsp3) is 0. The zero-order chi connectivity index (χ0) is 29.9. The average Bonchev–Trinajstić information content (AvgIpc) is 3.85. The number of benzene rings is 7. The van der Waals surface area contributed by atoms with Gasteiger partial charge in [0.1, 0.15) is 0 Å². The minimum absolute atomic E-state index is 1.19. The van der Waals surface area contributed by atoms with E-state index in [0.29, 0.717) is 0 Å². The molecule has 4 heteroatoms. The minimum Gasteiger partial charge on any atom is -0.309 e. The second-order valence-electron chi connectivity index (χ2n) is 12.1. The quantitative estimate of drug-likeness (QED) is 0.182. The van der Waals surface area contributed by atoms with E-state index < -0.39 is 0 Å². The molecule has 4 aromatic heterocycles. The Bertz CT molecular complexity index is 3010. The highest BCUT2D eigenvalue weighted by Crippen LogP contribution is 2.49. The van der Waals surface area contributed by atoms with Gasteiger partial charge in [-0.3, -0.25) is 0 Å². The Labute approximate surface area is 271 Å². The Hall–Kier alpha value is -5.42. The van der Waals surface area contributed by atoms with E-state index in [1.807, 2.05) is 22.7 Å².